The fourth-order valence-corrected chi connectivity index (χ4v) is 1.49. The molecule has 0 bridgehead atoms. The minimum Gasteiger partial charge on any atom is -0.481 e. The third kappa shape index (κ3) is 1.41. The van der Waals surface area contributed by atoms with Crippen LogP contribution in [0.5, 0.6) is 0 Å². The summed E-state index contributed by atoms with van der Waals surface area (Å²) in [7, 11) is 0. The Balaban J connectivity index is 2.75. The molecule has 0 aliphatic heterocycles. The van der Waals surface area contributed by atoms with E-state index in [1.165, 1.54) is 0 Å². The van der Waals surface area contributed by atoms with E-state index in [0.29, 0.717) is 0 Å². The first-order valence-corrected chi connectivity index (χ1v) is 3.69. The first-order chi connectivity index (χ1) is 5.37. The summed E-state index contributed by atoms with van der Waals surface area (Å²) in [6, 6.07) is 0. The maximum atomic E-state index is 12.8. The molecule has 1 aliphatic rings. The van der Waals surface area contributed by atoms with Gasteiger partial charge in [0.2, 0.25) is 0 Å². The molecule has 1 aliphatic carbocycles. The van der Waals surface area contributed by atoms with E-state index >= 15 is 0 Å². The van der Waals surface area contributed by atoms with Gasteiger partial charge in [-0.1, -0.05) is 0 Å². The molecule has 1 rings (SSSR count). The molecular formula is C7H10F2O3. The zero-order valence-electron chi connectivity index (χ0n) is 6.39. The predicted octanol–water partition coefficient (Wildman–Crippen LogP) is 1.01. The van der Waals surface area contributed by atoms with Crippen molar-refractivity contribution in [2.75, 3.05) is 0 Å². The Bertz CT molecular complexity index is 205. The van der Waals surface area contributed by atoms with Crippen molar-refractivity contribution in [3.63, 3.8) is 0 Å². The average molecular weight is 180 g/mol. The van der Waals surface area contributed by atoms with Gasteiger partial charge in [-0.05, 0) is 12.8 Å². The summed E-state index contributed by atoms with van der Waals surface area (Å²) >= 11 is 0. The van der Waals surface area contributed by atoms with Crippen molar-refractivity contribution in [1.29, 1.82) is 0 Å². The van der Waals surface area contributed by atoms with E-state index < -0.39 is 30.3 Å². The van der Waals surface area contributed by atoms with E-state index in [0.717, 1.165) is 0 Å². The number of aliphatic hydroxyl groups is 1. The number of alkyl halides is 2. The molecule has 70 valence electrons. The molecule has 1 atom stereocenters. The summed E-state index contributed by atoms with van der Waals surface area (Å²) in [6.45, 7) is 0. The van der Waals surface area contributed by atoms with Gasteiger partial charge in [-0.25, -0.2) is 8.78 Å². The van der Waals surface area contributed by atoms with Crippen LogP contribution in [0.2, 0.25) is 0 Å². The molecule has 1 unspecified atom stereocenters. The summed E-state index contributed by atoms with van der Waals surface area (Å²) in [5.41, 5.74) is -2.32. The van der Waals surface area contributed by atoms with E-state index in [1.54, 1.807) is 0 Å². The van der Waals surface area contributed by atoms with E-state index in [9.17, 15) is 18.7 Å². The molecule has 2 N–H and O–H groups in total. The molecule has 0 spiro atoms. The lowest BCUT2D eigenvalue weighted by molar-refractivity contribution is -0.176. The maximum absolute atomic E-state index is 12.8. The van der Waals surface area contributed by atoms with Crippen LogP contribution >= 0.6 is 0 Å². The van der Waals surface area contributed by atoms with Gasteiger partial charge in [0.15, 0.2) is 0 Å². The van der Waals surface area contributed by atoms with Crippen molar-refractivity contribution in [3.05, 3.63) is 0 Å². The Morgan fingerprint density at radius 2 is 2.00 bits per heavy atom. The Hall–Kier alpha value is -0.710. The van der Waals surface area contributed by atoms with Crippen LogP contribution in [0.4, 0.5) is 8.78 Å². The van der Waals surface area contributed by atoms with Crippen molar-refractivity contribution in [2.45, 2.75) is 37.2 Å². The third-order valence-electron chi connectivity index (χ3n) is 2.21. The Morgan fingerprint density at radius 1 is 1.42 bits per heavy atom. The summed E-state index contributed by atoms with van der Waals surface area (Å²) in [6.07, 6.45) is -1.25. The highest BCUT2D eigenvalue weighted by Crippen LogP contribution is 2.45. The number of carboxylic acid groups (broad SMARTS) is 1. The molecule has 0 radical (unpaired) electrons. The molecule has 5 heteroatoms. The molecular weight excluding hydrogens is 170 g/mol. The van der Waals surface area contributed by atoms with Crippen LogP contribution in [0.15, 0.2) is 0 Å². The first-order valence-electron chi connectivity index (χ1n) is 3.69. The van der Waals surface area contributed by atoms with Crippen molar-refractivity contribution in [1.82, 2.24) is 0 Å². The molecule has 3 nitrogen and oxygen atoms in total. The zero-order chi connectivity index (χ0) is 9.41. The summed E-state index contributed by atoms with van der Waals surface area (Å²) in [5, 5.41) is 17.5. The smallest absolute Gasteiger partial charge is 0.306 e. The average Bonchev–Trinajstić information content (AvgIpc) is 2.05. The van der Waals surface area contributed by atoms with E-state index in [4.69, 9.17) is 5.11 Å². The van der Waals surface area contributed by atoms with Crippen molar-refractivity contribution < 1.29 is 23.8 Å². The van der Waals surface area contributed by atoms with Crippen molar-refractivity contribution in [3.8, 4) is 0 Å². The molecule has 0 amide bonds. The summed E-state index contributed by atoms with van der Waals surface area (Å²) in [4.78, 5) is 10.2. The minimum absolute atomic E-state index is 0.133. The van der Waals surface area contributed by atoms with Crippen LogP contribution in [0.25, 0.3) is 0 Å². The summed E-state index contributed by atoms with van der Waals surface area (Å²) < 4.78 is 25.7. The monoisotopic (exact) mass is 180 g/mol. The SMILES string of the molecule is O=C(O)CC1(O)CCCC1(F)F. The topological polar surface area (TPSA) is 57.5 Å². The van der Waals surface area contributed by atoms with Crippen LogP contribution in [0.3, 0.4) is 0 Å². The molecule has 12 heavy (non-hydrogen) atoms. The number of hydrogen-bond donors (Lipinski definition) is 2. The predicted molar refractivity (Wildman–Crippen MR) is 36.0 cm³/mol. The molecule has 0 aromatic rings. The number of rotatable bonds is 2. The van der Waals surface area contributed by atoms with Crippen LogP contribution in [-0.2, 0) is 4.79 Å². The summed E-state index contributed by atoms with van der Waals surface area (Å²) in [5.74, 6) is -4.63. The van der Waals surface area contributed by atoms with Gasteiger partial charge in [0.05, 0.1) is 6.42 Å². The Labute approximate surface area is 68.0 Å². The highest BCUT2D eigenvalue weighted by Gasteiger charge is 2.56. The zero-order valence-corrected chi connectivity index (χ0v) is 6.39. The fourth-order valence-electron chi connectivity index (χ4n) is 1.49. The minimum atomic E-state index is -3.24. The normalized spacial score (nSPS) is 33.6. The van der Waals surface area contributed by atoms with Gasteiger partial charge in [0.25, 0.3) is 5.92 Å². The second-order valence-electron chi connectivity index (χ2n) is 3.16. The quantitative estimate of drug-likeness (QED) is 0.666. The van der Waals surface area contributed by atoms with Gasteiger partial charge < -0.3 is 10.2 Å². The second-order valence-corrected chi connectivity index (χ2v) is 3.16. The highest BCUT2D eigenvalue weighted by molar-refractivity contribution is 5.68. The Kier molecular flexibility index (Phi) is 2.07. The molecule has 0 aromatic heterocycles. The van der Waals surface area contributed by atoms with Gasteiger partial charge in [0, 0.05) is 6.42 Å². The molecule has 0 aromatic carbocycles. The lowest BCUT2D eigenvalue weighted by atomic mass is 9.95. The Morgan fingerprint density at radius 3 is 2.33 bits per heavy atom. The number of hydrogen-bond acceptors (Lipinski definition) is 2. The van der Waals surface area contributed by atoms with Gasteiger partial charge in [0.1, 0.15) is 5.60 Å². The van der Waals surface area contributed by atoms with Crippen molar-refractivity contribution in [2.24, 2.45) is 0 Å². The van der Waals surface area contributed by atoms with E-state index in [1.807, 2.05) is 0 Å². The second kappa shape index (κ2) is 2.65. The van der Waals surface area contributed by atoms with Crippen LogP contribution in [0.1, 0.15) is 25.7 Å². The third-order valence-corrected chi connectivity index (χ3v) is 2.21. The lowest BCUT2D eigenvalue weighted by Crippen LogP contribution is -2.44. The van der Waals surface area contributed by atoms with Crippen LogP contribution < -0.4 is 0 Å². The number of carbonyl (C=O) groups is 1. The van der Waals surface area contributed by atoms with Gasteiger partial charge in [-0.15, -0.1) is 0 Å². The number of aliphatic carboxylic acids is 1. The van der Waals surface area contributed by atoms with Crippen molar-refractivity contribution >= 4 is 5.97 Å². The number of carboxylic acids is 1. The highest BCUT2D eigenvalue weighted by atomic mass is 19.3. The molecule has 1 fully saturated rings. The first kappa shape index (κ1) is 9.38. The largest absolute Gasteiger partial charge is 0.481 e. The lowest BCUT2D eigenvalue weighted by Gasteiger charge is -2.27. The van der Waals surface area contributed by atoms with Crippen LogP contribution in [-0.4, -0.2) is 27.7 Å². The fraction of sp³-hybridized carbons (Fsp3) is 0.857. The maximum Gasteiger partial charge on any atom is 0.306 e. The van der Waals surface area contributed by atoms with Crippen LogP contribution in [0, 0.1) is 0 Å². The van der Waals surface area contributed by atoms with E-state index in [-0.39, 0.29) is 12.8 Å². The van der Waals surface area contributed by atoms with E-state index in [2.05, 4.69) is 0 Å². The van der Waals surface area contributed by atoms with Gasteiger partial charge >= 0.3 is 5.97 Å². The number of halogens is 2. The van der Waals surface area contributed by atoms with Gasteiger partial charge in [-0.2, -0.15) is 0 Å². The standard InChI is InChI=1S/C7H10F2O3/c8-7(9)3-1-2-6(7,12)4-5(10)11/h12H,1-4H2,(H,10,11). The van der Waals surface area contributed by atoms with Gasteiger partial charge in [-0.3, -0.25) is 4.79 Å². The molecule has 1 saturated carbocycles. The molecule has 0 saturated heterocycles. The molecule has 0 heterocycles.